The molecule has 0 unspecified atom stereocenters. The van der Waals surface area contributed by atoms with Gasteiger partial charge in [0.2, 0.25) is 0 Å². The van der Waals surface area contributed by atoms with Gasteiger partial charge in [-0.05, 0) is 37.1 Å². The van der Waals surface area contributed by atoms with Gasteiger partial charge >= 0.3 is 0 Å². The monoisotopic (exact) mass is 249 g/mol. The van der Waals surface area contributed by atoms with E-state index in [1.807, 2.05) is 24.0 Å². The van der Waals surface area contributed by atoms with E-state index in [1.165, 1.54) is 0 Å². The van der Waals surface area contributed by atoms with E-state index in [4.69, 9.17) is 10.6 Å². The molecular weight excluding hydrogens is 230 g/mol. The number of carbonyl (C=O) groups is 1. The standard InChI is InChI=1S/C13H19N3O2/c1-10-9-11(3-4-12(10)15-14)13(17)16-5-2-7-18-8-6-16/h3-4,9,15H,2,5-8,14H2,1H3. The number of nitrogens with one attached hydrogen (secondary N) is 1. The third-order valence-electron chi connectivity index (χ3n) is 3.14. The van der Waals surface area contributed by atoms with Crippen LogP contribution in [0.2, 0.25) is 0 Å². The summed E-state index contributed by atoms with van der Waals surface area (Å²) in [4.78, 5) is 14.2. The summed E-state index contributed by atoms with van der Waals surface area (Å²) in [5.41, 5.74) is 5.11. The van der Waals surface area contributed by atoms with Gasteiger partial charge in [-0.1, -0.05) is 0 Å². The van der Waals surface area contributed by atoms with Gasteiger partial charge in [-0.25, -0.2) is 0 Å². The zero-order valence-electron chi connectivity index (χ0n) is 10.6. The van der Waals surface area contributed by atoms with Crippen molar-refractivity contribution in [3.8, 4) is 0 Å². The Bertz CT molecular complexity index is 426. The summed E-state index contributed by atoms with van der Waals surface area (Å²) in [5.74, 6) is 5.44. The van der Waals surface area contributed by atoms with Crippen molar-refractivity contribution in [2.24, 2.45) is 5.84 Å². The Morgan fingerprint density at radius 2 is 2.22 bits per heavy atom. The first-order valence-electron chi connectivity index (χ1n) is 6.16. The minimum atomic E-state index is 0.0622. The number of aryl methyl sites for hydroxylation is 1. The highest BCUT2D eigenvalue weighted by Crippen LogP contribution is 2.17. The summed E-state index contributed by atoms with van der Waals surface area (Å²) in [5, 5.41) is 0. The molecule has 1 aromatic carbocycles. The fourth-order valence-electron chi connectivity index (χ4n) is 2.09. The molecule has 1 fully saturated rings. The lowest BCUT2D eigenvalue weighted by molar-refractivity contribution is 0.0741. The maximum atomic E-state index is 12.3. The van der Waals surface area contributed by atoms with E-state index in [0.29, 0.717) is 18.7 Å². The Hall–Kier alpha value is -1.59. The van der Waals surface area contributed by atoms with E-state index in [-0.39, 0.29) is 5.91 Å². The number of nitrogens with two attached hydrogens (primary N) is 1. The smallest absolute Gasteiger partial charge is 0.253 e. The van der Waals surface area contributed by atoms with Gasteiger partial charge in [0, 0.05) is 25.3 Å². The summed E-state index contributed by atoms with van der Waals surface area (Å²) in [6.07, 6.45) is 0.896. The fourth-order valence-corrected chi connectivity index (χ4v) is 2.09. The van der Waals surface area contributed by atoms with Gasteiger partial charge in [0.25, 0.3) is 5.91 Å². The third kappa shape index (κ3) is 2.80. The SMILES string of the molecule is Cc1cc(C(=O)N2CCCOCC2)ccc1NN. The molecule has 1 saturated heterocycles. The average Bonchev–Trinajstić information content (AvgIpc) is 2.66. The summed E-state index contributed by atoms with van der Waals surface area (Å²) >= 11 is 0. The predicted octanol–water partition coefficient (Wildman–Crippen LogP) is 1.14. The van der Waals surface area contributed by atoms with Crippen molar-refractivity contribution in [1.82, 2.24) is 4.90 Å². The van der Waals surface area contributed by atoms with Crippen LogP contribution < -0.4 is 11.3 Å². The number of nitrogens with zero attached hydrogens (tertiary/aromatic N) is 1. The maximum Gasteiger partial charge on any atom is 0.253 e. The number of rotatable bonds is 2. The summed E-state index contributed by atoms with van der Waals surface area (Å²) in [6, 6.07) is 5.50. The van der Waals surface area contributed by atoms with Crippen molar-refractivity contribution in [1.29, 1.82) is 0 Å². The van der Waals surface area contributed by atoms with E-state index < -0.39 is 0 Å². The molecule has 2 rings (SSSR count). The van der Waals surface area contributed by atoms with Crippen LogP contribution in [0.25, 0.3) is 0 Å². The van der Waals surface area contributed by atoms with Crippen LogP contribution in [0.5, 0.6) is 0 Å². The number of anilines is 1. The zero-order valence-corrected chi connectivity index (χ0v) is 10.6. The van der Waals surface area contributed by atoms with Crippen molar-refractivity contribution in [2.45, 2.75) is 13.3 Å². The first kappa shape index (κ1) is 12.9. The normalized spacial score (nSPS) is 16.2. The molecule has 5 heteroatoms. The number of hydrogen-bond donors (Lipinski definition) is 2. The topological polar surface area (TPSA) is 67.6 Å². The Morgan fingerprint density at radius 3 is 2.94 bits per heavy atom. The summed E-state index contributed by atoms with van der Waals surface area (Å²) in [7, 11) is 0. The molecule has 1 aromatic rings. The van der Waals surface area contributed by atoms with Gasteiger partial charge in [-0.2, -0.15) is 0 Å². The number of nitrogen functional groups attached to an aromatic ring is 1. The molecule has 0 saturated carbocycles. The molecule has 18 heavy (non-hydrogen) atoms. The van der Waals surface area contributed by atoms with Crippen molar-refractivity contribution in [3.63, 3.8) is 0 Å². The highest BCUT2D eigenvalue weighted by atomic mass is 16.5. The molecule has 1 amide bonds. The maximum absolute atomic E-state index is 12.3. The Balaban J connectivity index is 2.14. The average molecular weight is 249 g/mol. The van der Waals surface area contributed by atoms with Gasteiger partial charge in [0.1, 0.15) is 0 Å². The lowest BCUT2D eigenvalue weighted by Crippen LogP contribution is -2.33. The highest BCUT2D eigenvalue weighted by molar-refractivity contribution is 5.95. The molecule has 0 aliphatic carbocycles. The molecule has 3 N–H and O–H groups in total. The van der Waals surface area contributed by atoms with Crippen molar-refractivity contribution in [3.05, 3.63) is 29.3 Å². The van der Waals surface area contributed by atoms with Crippen LogP contribution >= 0.6 is 0 Å². The van der Waals surface area contributed by atoms with E-state index in [9.17, 15) is 4.79 Å². The van der Waals surface area contributed by atoms with Crippen LogP contribution in [0.1, 0.15) is 22.3 Å². The lowest BCUT2D eigenvalue weighted by atomic mass is 10.1. The third-order valence-corrected chi connectivity index (χ3v) is 3.14. The first-order chi connectivity index (χ1) is 8.72. The molecule has 1 heterocycles. The second-order valence-electron chi connectivity index (χ2n) is 4.43. The molecule has 1 aliphatic rings. The Kier molecular flexibility index (Phi) is 4.17. The van der Waals surface area contributed by atoms with Gasteiger partial charge in [0.15, 0.2) is 0 Å². The minimum absolute atomic E-state index is 0.0622. The van der Waals surface area contributed by atoms with Crippen LogP contribution in [0.3, 0.4) is 0 Å². The second kappa shape index (κ2) is 5.84. The molecule has 0 radical (unpaired) electrons. The second-order valence-corrected chi connectivity index (χ2v) is 4.43. The van der Waals surface area contributed by atoms with E-state index in [0.717, 1.165) is 30.8 Å². The molecule has 0 bridgehead atoms. The van der Waals surface area contributed by atoms with E-state index >= 15 is 0 Å². The van der Waals surface area contributed by atoms with Crippen LogP contribution in [-0.2, 0) is 4.74 Å². The van der Waals surface area contributed by atoms with Crippen LogP contribution in [0.4, 0.5) is 5.69 Å². The van der Waals surface area contributed by atoms with Crippen LogP contribution in [0, 0.1) is 6.92 Å². The quantitative estimate of drug-likeness (QED) is 0.609. The van der Waals surface area contributed by atoms with Gasteiger partial charge < -0.3 is 15.1 Å². The number of hydrogen-bond acceptors (Lipinski definition) is 4. The van der Waals surface area contributed by atoms with Gasteiger partial charge in [-0.3, -0.25) is 10.6 Å². The molecule has 0 spiro atoms. The predicted molar refractivity (Wildman–Crippen MR) is 70.3 cm³/mol. The van der Waals surface area contributed by atoms with Gasteiger partial charge in [0.05, 0.1) is 12.3 Å². The molecule has 0 atom stereocenters. The first-order valence-corrected chi connectivity index (χ1v) is 6.16. The molecule has 0 aromatic heterocycles. The van der Waals surface area contributed by atoms with Crippen molar-refractivity contribution < 1.29 is 9.53 Å². The zero-order chi connectivity index (χ0) is 13.0. The largest absolute Gasteiger partial charge is 0.380 e. The number of benzene rings is 1. The molecule has 1 aliphatic heterocycles. The number of carbonyl (C=O) groups excluding carboxylic acids is 1. The van der Waals surface area contributed by atoms with Crippen molar-refractivity contribution in [2.75, 3.05) is 31.7 Å². The summed E-state index contributed by atoms with van der Waals surface area (Å²) < 4.78 is 5.35. The summed E-state index contributed by atoms with van der Waals surface area (Å²) in [6.45, 7) is 4.70. The van der Waals surface area contributed by atoms with E-state index in [2.05, 4.69) is 5.43 Å². The molecule has 98 valence electrons. The highest BCUT2D eigenvalue weighted by Gasteiger charge is 2.17. The Morgan fingerprint density at radius 1 is 1.39 bits per heavy atom. The number of amides is 1. The van der Waals surface area contributed by atoms with E-state index in [1.54, 1.807) is 6.07 Å². The number of ether oxygens (including phenoxy) is 1. The fraction of sp³-hybridized carbons (Fsp3) is 0.462. The minimum Gasteiger partial charge on any atom is -0.380 e. The molecular formula is C13H19N3O2. The Labute approximate surface area is 107 Å². The van der Waals surface area contributed by atoms with Gasteiger partial charge in [-0.15, -0.1) is 0 Å². The van der Waals surface area contributed by atoms with Crippen molar-refractivity contribution >= 4 is 11.6 Å². The van der Waals surface area contributed by atoms with Crippen LogP contribution in [-0.4, -0.2) is 37.1 Å². The number of hydrazine groups is 1. The molecule has 5 nitrogen and oxygen atoms in total. The van der Waals surface area contributed by atoms with Crippen LogP contribution in [0.15, 0.2) is 18.2 Å². The lowest BCUT2D eigenvalue weighted by Gasteiger charge is -2.20.